The fourth-order valence-corrected chi connectivity index (χ4v) is 2.66. The van der Waals surface area contributed by atoms with Crippen LogP contribution < -0.4 is 5.32 Å². The molecule has 2 rings (SSSR count). The minimum atomic E-state index is -1.67. The molecule has 2 heterocycles. The van der Waals surface area contributed by atoms with E-state index in [1.165, 1.54) is 0 Å². The normalized spacial score (nSPS) is 24.5. The monoisotopic (exact) mass is 282 g/mol. The second-order valence-corrected chi connectivity index (χ2v) is 5.56. The van der Waals surface area contributed by atoms with Gasteiger partial charge in [-0.1, -0.05) is 24.6 Å². The van der Waals surface area contributed by atoms with Gasteiger partial charge in [0.15, 0.2) is 5.41 Å². The standard InChI is InChI=1S/C13H15ClN2O3/c1-4-13(11(18)19)9-7(5-6-8(14)15-9)12(2,3)16-10(13)17/h5-6H,4H2,1-3H3,(H,16,17)(H,18,19). The molecule has 0 bridgehead atoms. The van der Waals surface area contributed by atoms with Crippen LogP contribution in [0.2, 0.25) is 5.15 Å². The highest BCUT2D eigenvalue weighted by Gasteiger charge is 2.55. The van der Waals surface area contributed by atoms with Gasteiger partial charge < -0.3 is 10.4 Å². The van der Waals surface area contributed by atoms with E-state index in [-0.39, 0.29) is 17.3 Å². The zero-order chi connectivity index (χ0) is 14.4. The van der Waals surface area contributed by atoms with Crippen molar-refractivity contribution in [1.82, 2.24) is 10.3 Å². The lowest BCUT2D eigenvalue weighted by atomic mass is 9.71. The Labute approximate surface area is 116 Å². The minimum Gasteiger partial charge on any atom is -0.480 e. The lowest BCUT2D eigenvalue weighted by Gasteiger charge is -2.41. The van der Waals surface area contributed by atoms with Crippen LogP contribution >= 0.6 is 11.6 Å². The summed E-state index contributed by atoms with van der Waals surface area (Å²) in [7, 11) is 0. The van der Waals surface area contributed by atoms with Gasteiger partial charge >= 0.3 is 5.97 Å². The second kappa shape index (κ2) is 4.20. The van der Waals surface area contributed by atoms with Gasteiger partial charge in [-0.2, -0.15) is 0 Å². The lowest BCUT2D eigenvalue weighted by Crippen LogP contribution is -2.60. The molecule has 5 nitrogen and oxygen atoms in total. The molecule has 0 aliphatic carbocycles. The number of carbonyl (C=O) groups excluding carboxylic acids is 1. The highest BCUT2D eigenvalue weighted by atomic mass is 35.5. The van der Waals surface area contributed by atoms with Gasteiger partial charge in [-0.15, -0.1) is 0 Å². The molecule has 1 atom stereocenters. The number of hydrogen-bond donors (Lipinski definition) is 2. The van der Waals surface area contributed by atoms with Crippen molar-refractivity contribution in [3.63, 3.8) is 0 Å². The fraction of sp³-hybridized carbons (Fsp3) is 0.462. The Morgan fingerprint density at radius 3 is 2.63 bits per heavy atom. The fourth-order valence-electron chi connectivity index (χ4n) is 2.51. The van der Waals surface area contributed by atoms with E-state index < -0.39 is 22.8 Å². The first-order chi connectivity index (χ1) is 8.75. The van der Waals surface area contributed by atoms with Crippen LogP contribution in [0.3, 0.4) is 0 Å². The number of carboxylic acids is 1. The van der Waals surface area contributed by atoms with E-state index >= 15 is 0 Å². The Bertz CT molecular complexity index is 571. The maximum absolute atomic E-state index is 12.3. The van der Waals surface area contributed by atoms with Crippen molar-refractivity contribution in [2.75, 3.05) is 0 Å². The number of halogens is 1. The molecule has 0 saturated carbocycles. The summed E-state index contributed by atoms with van der Waals surface area (Å²) in [4.78, 5) is 28.1. The Kier molecular flexibility index (Phi) is 3.05. The van der Waals surface area contributed by atoms with Crippen LogP contribution in [0.25, 0.3) is 0 Å². The van der Waals surface area contributed by atoms with E-state index in [0.29, 0.717) is 5.56 Å². The summed E-state index contributed by atoms with van der Waals surface area (Å²) in [5, 5.41) is 12.5. The van der Waals surface area contributed by atoms with Crippen LogP contribution in [0, 0.1) is 0 Å². The minimum absolute atomic E-state index is 0.116. The zero-order valence-corrected chi connectivity index (χ0v) is 11.7. The number of fused-ring (bicyclic) bond motifs is 1. The number of aliphatic carboxylic acids is 1. The van der Waals surface area contributed by atoms with Crippen molar-refractivity contribution < 1.29 is 14.7 Å². The predicted molar refractivity (Wildman–Crippen MR) is 70.0 cm³/mol. The second-order valence-electron chi connectivity index (χ2n) is 5.17. The predicted octanol–water partition coefficient (Wildman–Crippen LogP) is 1.83. The molecule has 2 N–H and O–H groups in total. The summed E-state index contributed by atoms with van der Waals surface area (Å²) in [6.45, 7) is 5.26. The van der Waals surface area contributed by atoms with Gasteiger partial charge in [-0.3, -0.25) is 9.59 Å². The molecule has 1 amide bonds. The molecule has 0 spiro atoms. The molecule has 1 aliphatic rings. The number of amides is 1. The molecule has 6 heteroatoms. The molecule has 0 fully saturated rings. The first-order valence-corrected chi connectivity index (χ1v) is 6.37. The molecule has 1 aromatic heterocycles. The summed E-state index contributed by atoms with van der Waals surface area (Å²) in [6, 6.07) is 3.32. The number of hydrogen-bond acceptors (Lipinski definition) is 3. The third-order valence-corrected chi connectivity index (χ3v) is 3.86. The number of carbonyl (C=O) groups is 2. The maximum Gasteiger partial charge on any atom is 0.325 e. The molecule has 1 aliphatic heterocycles. The molecule has 102 valence electrons. The van der Waals surface area contributed by atoms with Crippen molar-refractivity contribution in [3.05, 3.63) is 28.5 Å². The summed E-state index contributed by atoms with van der Waals surface area (Å²) in [5.41, 5.74) is -1.42. The van der Waals surface area contributed by atoms with Gasteiger partial charge in [0.2, 0.25) is 5.91 Å². The summed E-state index contributed by atoms with van der Waals surface area (Å²) in [6.07, 6.45) is 0.116. The van der Waals surface area contributed by atoms with E-state index in [2.05, 4.69) is 10.3 Å². The molecule has 0 saturated heterocycles. The molecule has 1 aromatic rings. The topological polar surface area (TPSA) is 79.3 Å². The first-order valence-electron chi connectivity index (χ1n) is 5.99. The molecule has 19 heavy (non-hydrogen) atoms. The number of carboxylic acid groups (broad SMARTS) is 1. The SMILES string of the molecule is CCC1(C(=O)O)C(=O)NC(C)(C)c2ccc(Cl)nc21. The number of pyridine rings is 1. The van der Waals surface area contributed by atoms with Gasteiger partial charge in [-0.25, -0.2) is 4.98 Å². The highest BCUT2D eigenvalue weighted by molar-refractivity contribution is 6.29. The number of aromatic nitrogens is 1. The van der Waals surface area contributed by atoms with Crippen LogP contribution in [0.15, 0.2) is 12.1 Å². The molecular weight excluding hydrogens is 268 g/mol. The van der Waals surface area contributed by atoms with Crippen LogP contribution in [0.5, 0.6) is 0 Å². The Morgan fingerprint density at radius 1 is 1.47 bits per heavy atom. The molecule has 1 unspecified atom stereocenters. The van der Waals surface area contributed by atoms with E-state index in [0.717, 1.165) is 0 Å². The Balaban J connectivity index is 2.82. The maximum atomic E-state index is 12.3. The van der Waals surface area contributed by atoms with Gasteiger partial charge in [0.05, 0.1) is 11.2 Å². The molecular formula is C13H15ClN2O3. The van der Waals surface area contributed by atoms with Crippen molar-refractivity contribution in [1.29, 1.82) is 0 Å². The Morgan fingerprint density at radius 2 is 2.11 bits per heavy atom. The van der Waals surface area contributed by atoms with E-state index in [4.69, 9.17) is 11.6 Å². The summed E-state index contributed by atoms with van der Waals surface area (Å²) in [5.74, 6) is -1.76. The number of nitrogens with one attached hydrogen (secondary N) is 1. The van der Waals surface area contributed by atoms with E-state index in [1.807, 2.05) is 0 Å². The molecule has 0 aromatic carbocycles. The highest BCUT2D eigenvalue weighted by Crippen LogP contribution is 2.40. The van der Waals surface area contributed by atoms with Crippen LogP contribution in [0.4, 0.5) is 0 Å². The van der Waals surface area contributed by atoms with Crippen molar-refractivity contribution in [2.45, 2.75) is 38.1 Å². The third kappa shape index (κ3) is 1.80. The Hall–Kier alpha value is -1.62. The average molecular weight is 283 g/mol. The lowest BCUT2D eigenvalue weighted by molar-refractivity contribution is -0.151. The largest absolute Gasteiger partial charge is 0.480 e. The number of rotatable bonds is 2. The number of nitrogens with zero attached hydrogens (tertiary/aromatic N) is 1. The van der Waals surface area contributed by atoms with Crippen LogP contribution in [-0.4, -0.2) is 22.0 Å². The smallest absolute Gasteiger partial charge is 0.325 e. The van der Waals surface area contributed by atoms with Crippen molar-refractivity contribution in [2.24, 2.45) is 0 Å². The van der Waals surface area contributed by atoms with E-state index in [9.17, 15) is 14.7 Å². The van der Waals surface area contributed by atoms with Gasteiger partial charge in [0, 0.05) is 5.56 Å². The van der Waals surface area contributed by atoms with Crippen LogP contribution in [0.1, 0.15) is 38.4 Å². The quantitative estimate of drug-likeness (QED) is 0.641. The van der Waals surface area contributed by atoms with Crippen molar-refractivity contribution in [3.8, 4) is 0 Å². The average Bonchev–Trinajstić information content (AvgIpc) is 2.28. The van der Waals surface area contributed by atoms with E-state index in [1.54, 1.807) is 32.9 Å². The van der Waals surface area contributed by atoms with Gasteiger partial charge in [-0.05, 0) is 26.3 Å². The first kappa shape index (κ1) is 13.8. The summed E-state index contributed by atoms with van der Waals surface area (Å²) < 4.78 is 0. The van der Waals surface area contributed by atoms with Gasteiger partial charge in [0.25, 0.3) is 0 Å². The third-order valence-electron chi connectivity index (χ3n) is 3.65. The molecule has 0 radical (unpaired) electrons. The van der Waals surface area contributed by atoms with Crippen molar-refractivity contribution >= 4 is 23.5 Å². The zero-order valence-electron chi connectivity index (χ0n) is 11.0. The van der Waals surface area contributed by atoms with Gasteiger partial charge in [0.1, 0.15) is 5.15 Å². The summed E-state index contributed by atoms with van der Waals surface area (Å²) >= 11 is 5.87. The van der Waals surface area contributed by atoms with Crippen LogP contribution in [-0.2, 0) is 20.5 Å².